The average Bonchev–Trinajstić information content (AvgIpc) is 3.11. The second kappa shape index (κ2) is 8.28. The quantitative estimate of drug-likeness (QED) is 0.634. The molecule has 3 aromatic rings. The lowest BCUT2D eigenvalue weighted by atomic mass is 10.1. The van der Waals surface area contributed by atoms with Gasteiger partial charge in [0.1, 0.15) is 5.01 Å². The summed E-state index contributed by atoms with van der Waals surface area (Å²) in [6.45, 7) is 6.27. The van der Waals surface area contributed by atoms with Gasteiger partial charge in [-0.25, -0.2) is 4.98 Å². The SMILES string of the molecule is CCc1ccc(-c2nc(CC(=O)Nc3c(C)cccc3CC)cs2)cc1. The highest BCUT2D eigenvalue weighted by Crippen LogP contribution is 2.25. The second-order valence-corrected chi connectivity index (χ2v) is 7.24. The normalized spacial score (nSPS) is 10.7. The van der Waals surface area contributed by atoms with E-state index in [2.05, 4.69) is 54.5 Å². The highest BCUT2D eigenvalue weighted by molar-refractivity contribution is 7.13. The summed E-state index contributed by atoms with van der Waals surface area (Å²) in [7, 11) is 0. The number of nitrogens with zero attached hydrogens (tertiary/aromatic N) is 1. The van der Waals surface area contributed by atoms with Crippen molar-refractivity contribution < 1.29 is 4.79 Å². The van der Waals surface area contributed by atoms with Gasteiger partial charge in [-0.1, -0.05) is 56.3 Å². The van der Waals surface area contributed by atoms with Gasteiger partial charge in [0.25, 0.3) is 0 Å². The van der Waals surface area contributed by atoms with Gasteiger partial charge in [0.2, 0.25) is 5.91 Å². The maximum atomic E-state index is 12.5. The summed E-state index contributed by atoms with van der Waals surface area (Å²) >= 11 is 1.58. The third kappa shape index (κ3) is 4.20. The van der Waals surface area contributed by atoms with Gasteiger partial charge in [-0.3, -0.25) is 4.79 Å². The molecule has 0 aliphatic rings. The molecule has 2 aromatic carbocycles. The molecule has 0 fully saturated rings. The molecule has 134 valence electrons. The van der Waals surface area contributed by atoms with E-state index >= 15 is 0 Å². The zero-order valence-electron chi connectivity index (χ0n) is 15.5. The lowest BCUT2D eigenvalue weighted by Gasteiger charge is -2.12. The molecule has 0 unspecified atom stereocenters. The molecule has 1 heterocycles. The Morgan fingerprint density at radius 3 is 2.54 bits per heavy atom. The maximum Gasteiger partial charge on any atom is 0.230 e. The van der Waals surface area contributed by atoms with Crippen molar-refractivity contribution in [2.45, 2.75) is 40.0 Å². The number of aryl methyl sites for hydroxylation is 3. The van der Waals surface area contributed by atoms with E-state index in [1.165, 1.54) is 5.56 Å². The van der Waals surface area contributed by atoms with Crippen LogP contribution in [0.2, 0.25) is 0 Å². The van der Waals surface area contributed by atoms with Gasteiger partial charge < -0.3 is 5.32 Å². The number of rotatable bonds is 6. The third-order valence-corrected chi connectivity index (χ3v) is 5.45. The van der Waals surface area contributed by atoms with Crippen molar-refractivity contribution in [2.24, 2.45) is 0 Å². The summed E-state index contributed by atoms with van der Waals surface area (Å²) in [5, 5.41) is 6.00. The van der Waals surface area contributed by atoms with Gasteiger partial charge in [-0.05, 0) is 36.5 Å². The van der Waals surface area contributed by atoms with Crippen LogP contribution in [0.3, 0.4) is 0 Å². The first-order chi connectivity index (χ1) is 12.6. The van der Waals surface area contributed by atoms with Crippen LogP contribution in [0, 0.1) is 6.92 Å². The van der Waals surface area contributed by atoms with Gasteiger partial charge in [0.15, 0.2) is 0 Å². The smallest absolute Gasteiger partial charge is 0.230 e. The Labute approximate surface area is 159 Å². The fourth-order valence-corrected chi connectivity index (χ4v) is 3.78. The molecule has 0 saturated carbocycles. The molecule has 3 rings (SSSR count). The van der Waals surface area contributed by atoms with Crippen LogP contribution in [0.25, 0.3) is 10.6 Å². The topological polar surface area (TPSA) is 42.0 Å². The largest absolute Gasteiger partial charge is 0.325 e. The third-order valence-electron chi connectivity index (χ3n) is 4.51. The Bertz CT molecular complexity index is 897. The highest BCUT2D eigenvalue weighted by Gasteiger charge is 2.12. The van der Waals surface area contributed by atoms with Crippen LogP contribution in [-0.4, -0.2) is 10.9 Å². The van der Waals surface area contributed by atoms with Crippen LogP contribution >= 0.6 is 11.3 Å². The lowest BCUT2D eigenvalue weighted by molar-refractivity contribution is -0.115. The van der Waals surface area contributed by atoms with E-state index in [9.17, 15) is 4.79 Å². The minimum Gasteiger partial charge on any atom is -0.325 e. The number of carbonyl (C=O) groups is 1. The number of amides is 1. The van der Waals surface area contributed by atoms with Crippen LogP contribution < -0.4 is 5.32 Å². The molecule has 0 saturated heterocycles. The molecule has 4 heteroatoms. The molecule has 1 amide bonds. The average molecular weight is 365 g/mol. The van der Waals surface area contributed by atoms with Gasteiger partial charge in [0.05, 0.1) is 12.1 Å². The van der Waals surface area contributed by atoms with Crippen molar-refractivity contribution in [3.05, 3.63) is 70.2 Å². The highest BCUT2D eigenvalue weighted by atomic mass is 32.1. The Hall–Kier alpha value is -2.46. The fraction of sp³-hybridized carbons (Fsp3) is 0.273. The zero-order valence-corrected chi connectivity index (χ0v) is 16.3. The van der Waals surface area contributed by atoms with Crippen molar-refractivity contribution in [1.82, 2.24) is 4.98 Å². The van der Waals surface area contributed by atoms with Gasteiger partial charge >= 0.3 is 0 Å². The summed E-state index contributed by atoms with van der Waals surface area (Å²) in [6, 6.07) is 14.6. The van der Waals surface area contributed by atoms with Crippen molar-refractivity contribution >= 4 is 22.9 Å². The van der Waals surface area contributed by atoms with E-state index in [0.29, 0.717) is 6.42 Å². The summed E-state index contributed by atoms with van der Waals surface area (Å²) in [5.74, 6) is -0.0211. The summed E-state index contributed by atoms with van der Waals surface area (Å²) in [5.41, 5.74) is 6.42. The molecule has 0 spiro atoms. The number of aromatic nitrogens is 1. The van der Waals surface area contributed by atoms with Crippen LogP contribution in [-0.2, 0) is 24.1 Å². The molecule has 0 aliphatic carbocycles. The summed E-state index contributed by atoms with van der Waals surface area (Å²) in [6.07, 6.45) is 2.22. The fourth-order valence-electron chi connectivity index (χ4n) is 2.95. The van der Waals surface area contributed by atoms with E-state index in [1.807, 2.05) is 24.4 Å². The monoisotopic (exact) mass is 364 g/mol. The van der Waals surface area contributed by atoms with Crippen LogP contribution in [0.1, 0.15) is 36.2 Å². The van der Waals surface area contributed by atoms with Crippen LogP contribution in [0.15, 0.2) is 47.8 Å². The number of nitrogens with one attached hydrogen (secondary N) is 1. The first-order valence-electron chi connectivity index (χ1n) is 9.02. The predicted molar refractivity (Wildman–Crippen MR) is 110 cm³/mol. The molecule has 3 nitrogen and oxygen atoms in total. The molecule has 26 heavy (non-hydrogen) atoms. The molecule has 1 N–H and O–H groups in total. The summed E-state index contributed by atoms with van der Waals surface area (Å²) < 4.78 is 0. The minimum atomic E-state index is -0.0211. The van der Waals surface area contributed by atoms with Crippen molar-refractivity contribution in [1.29, 1.82) is 0 Å². The van der Waals surface area contributed by atoms with E-state index in [-0.39, 0.29) is 5.91 Å². The van der Waals surface area contributed by atoms with E-state index < -0.39 is 0 Å². The molecule has 0 radical (unpaired) electrons. The number of benzene rings is 2. The number of hydrogen-bond acceptors (Lipinski definition) is 3. The molecular formula is C22H24N2OS. The zero-order chi connectivity index (χ0) is 18.5. The van der Waals surface area contributed by atoms with Gasteiger partial charge in [-0.2, -0.15) is 0 Å². The van der Waals surface area contributed by atoms with E-state index in [1.54, 1.807) is 11.3 Å². The lowest BCUT2D eigenvalue weighted by Crippen LogP contribution is -2.16. The molecule has 0 atom stereocenters. The molecule has 0 aliphatic heterocycles. The van der Waals surface area contributed by atoms with Gasteiger partial charge in [0, 0.05) is 16.6 Å². The van der Waals surface area contributed by atoms with E-state index in [0.717, 1.165) is 45.9 Å². The number of thiazole rings is 1. The minimum absolute atomic E-state index is 0.0211. The number of anilines is 1. The van der Waals surface area contributed by atoms with Crippen molar-refractivity contribution in [3.8, 4) is 10.6 Å². The van der Waals surface area contributed by atoms with Crippen LogP contribution in [0.4, 0.5) is 5.69 Å². The number of hydrogen-bond donors (Lipinski definition) is 1. The Morgan fingerprint density at radius 2 is 1.85 bits per heavy atom. The number of para-hydroxylation sites is 1. The number of carbonyl (C=O) groups excluding carboxylic acids is 1. The van der Waals surface area contributed by atoms with Crippen molar-refractivity contribution in [2.75, 3.05) is 5.32 Å². The summed E-state index contributed by atoms with van der Waals surface area (Å²) in [4.78, 5) is 17.1. The van der Waals surface area contributed by atoms with Crippen LogP contribution in [0.5, 0.6) is 0 Å². The first kappa shape index (κ1) is 18.3. The Morgan fingerprint density at radius 1 is 1.08 bits per heavy atom. The second-order valence-electron chi connectivity index (χ2n) is 6.38. The molecule has 0 bridgehead atoms. The molecular weight excluding hydrogens is 340 g/mol. The predicted octanol–water partition coefficient (Wildman–Crippen LogP) is 5.42. The first-order valence-corrected chi connectivity index (χ1v) is 9.90. The Balaban J connectivity index is 1.70. The van der Waals surface area contributed by atoms with Gasteiger partial charge in [-0.15, -0.1) is 11.3 Å². The molecule has 1 aromatic heterocycles. The van der Waals surface area contributed by atoms with Crippen molar-refractivity contribution in [3.63, 3.8) is 0 Å². The standard InChI is InChI=1S/C22H24N2OS/c1-4-16-9-11-18(12-10-16)22-23-19(14-26-22)13-20(25)24-21-15(3)7-6-8-17(21)5-2/h6-12,14H,4-5,13H2,1-3H3,(H,24,25). The Kier molecular flexibility index (Phi) is 5.84. The maximum absolute atomic E-state index is 12.5. The van der Waals surface area contributed by atoms with E-state index in [4.69, 9.17) is 0 Å².